The van der Waals surface area contributed by atoms with Gasteiger partial charge in [-0.3, -0.25) is 4.98 Å². The van der Waals surface area contributed by atoms with E-state index < -0.39 is 5.82 Å². The first-order valence-corrected chi connectivity index (χ1v) is 11.3. The summed E-state index contributed by atoms with van der Waals surface area (Å²) in [5.41, 5.74) is 5.86. The Balaban J connectivity index is 1.41. The lowest BCUT2D eigenvalue weighted by molar-refractivity contribution is 0.605. The Bertz CT molecular complexity index is 1480. The van der Waals surface area contributed by atoms with Gasteiger partial charge in [0.25, 0.3) is 0 Å². The first-order chi connectivity index (χ1) is 16.1. The number of fused-ring (bicyclic) bond motifs is 4. The molecular formula is C25H24FN7. The van der Waals surface area contributed by atoms with Gasteiger partial charge in [0.05, 0.1) is 12.5 Å². The fourth-order valence-corrected chi connectivity index (χ4v) is 4.74. The van der Waals surface area contributed by atoms with Crippen LogP contribution in [0.3, 0.4) is 0 Å². The zero-order valence-corrected chi connectivity index (χ0v) is 18.5. The fraction of sp³-hybridized carbons (Fsp3) is 0.280. The Labute approximate surface area is 190 Å². The average Bonchev–Trinajstić information content (AvgIpc) is 3.41. The van der Waals surface area contributed by atoms with Crippen molar-refractivity contribution in [3.63, 3.8) is 0 Å². The van der Waals surface area contributed by atoms with Crippen LogP contribution in [0.25, 0.3) is 33.5 Å². The number of aromatic amines is 1. The van der Waals surface area contributed by atoms with Gasteiger partial charge in [0.2, 0.25) is 0 Å². The summed E-state index contributed by atoms with van der Waals surface area (Å²) in [4.78, 5) is 21.7. The summed E-state index contributed by atoms with van der Waals surface area (Å²) in [5, 5.41) is 4.92. The fourth-order valence-electron chi connectivity index (χ4n) is 4.74. The number of nitrogens with one attached hydrogen (secondary N) is 2. The molecule has 1 aromatic carbocycles. The highest BCUT2D eigenvalue weighted by atomic mass is 19.1. The molecule has 1 aliphatic carbocycles. The molecule has 0 aliphatic heterocycles. The number of nitrogens with zero attached hydrogens (tertiary/aromatic N) is 5. The highest BCUT2D eigenvalue weighted by Gasteiger charge is 2.24. The number of hydrogen-bond donors (Lipinski definition) is 2. The molecule has 33 heavy (non-hydrogen) atoms. The first-order valence-electron chi connectivity index (χ1n) is 11.3. The summed E-state index contributed by atoms with van der Waals surface area (Å²) in [6.45, 7) is 4.17. The molecule has 1 unspecified atom stereocenters. The number of aromatic nitrogens is 6. The van der Waals surface area contributed by atoms with Crippen molar-refractivity contribution in [1.82, 2.24) is 29.5 Å². The Hall–Kier alpha value is -3.81. The summed E-state index contributed by atoms with van der Waals surface area (Å²) < 4.78 is 15.9. The highest BCUT2D eigenvalue weighted by Crippen LogP contribution is 2.32. The maximum Gasteiger partial charge on any atom is 0.166 e. The SMILES string of the molecule is CC(C)n1cnc2c(NC3CCc4[nH]c5ccccc5c4C3)nc(-c3cncc(F)c3)nc21. The average molecular weight is 442 g/mol. The molecule has 5 aromatic rings. The van der Waals surface area contributed by atoms with Crippen molar-refractivity contribution >= 4 is 27.9 Å². The van der Waals surface area contributed by atoms with Gasteiger partial charge in [-0.25, -0.2) is 19.3 Å². The summed E-state index contributed by atoms with van der Waals surface area (Å²) in [7, 11) is 0. The second-order valence-corrected chi connectivity index (χ2v) is 8.92. The third-order valence-corrected chi connectivity index (χ3v) is 6.38. The molecule has 1 atom stereocenters. The molecule has 4 heterocycles. The topological polar surface area (TPSA) is 84.3 Å². The van der Waals surface area contributed by atoms with Gasteiger partial charge in [0, 0.05) is 40.4 Å². The minimum Gasteiger partial charge on any atom is -0.365 e. The van der Waals surface area contributed by atoms with Crippen LogP contribution in [0.1, 0.15) is 37.6 Å². The minimum atomic E-state index is -0.415. The van der Waals surface area contributed by atoms with Crippen LogP contribution in [0, 0.1) is 5.82 Å². The zero-order valence-electron chi connectivity index (χ0n) is 18.5. The first kappa shape index (κ1) is 19.8. The van der Waals surface area contributed by atoms with Gasteiger partial charge in [0.1, 0.15) is 11.3 Å². The maximum absolute atomic E-state index is 13.9. The Morgan fingerprint density at radius 2 is 2.06 bits per heavy atom. The molecule has 7 nitrogen and oxygen atoms in total. The van der Waals surface area contributed by atoms with Crippen LogP contribution in [-0.4, -0.2) is 35.5 Å². The van der Waals surface area contributed by atoms with Gasteiger partial charge in [-0.2, -0.15) is 0 Å². The molecule has 0 saturated heterocycles. The molecule has 4 aromatic heterocycles. The number of benzene rings is 1. The van der Waals surface area contributed by atoms with Crippen LogP contribution in [0.15, 0.2) is 49.1 Å². The normalized spacial score (nSPS) is 15.9. The van der Waals surface area contributed by atoms with Gasteiger partial charge < -0.3 is 14.9 Å². The van der Waals surface area contributed by atoms with Crippen molar-refractivity contribution in [1.29, 1.82) is 0 Å². The van der Waals surface area contributed by atoms with Gasteiger partial charge in [-0.1, -0.05) is 18.2 Å². The van der Waals surface area contributed by atoms with Crippen LogP contribution in [0.2, 0.25) is 0 Å². The molecule has 2 N–H and O–H groups in total. The predicted molar refractivity (Wildman–Crippen MR) is 127 cm³/mol. The quantitative estimate of drug-likeness (QED) is 0.407. The van der Waals surface area contributed by atoms with Crippen molar-refractivity contribution in [2.75, 3.05) is 5.32 Å². The number of H-pyrrole nitrogens is 1. The molecule has 0 saturated carbocycles. The third kappa shape index (κ3) is 3.42. The standard InChI is InChI=1S/C25H24FN7/c1-14(2)33-13-28-22-24(31-23(32-25(22)33)15-9-16(26)12-27-11-15)29-17-7-8-21-19(10-17)18-5-3-4-6-20(18)30-21/h3-6,9,11-14,17,30H,7-8,10H2,1-2H3,(H,29,31,32). The largest absolute Gasteiger partial charge is 0.365 e. The summed E-state index contributed by atoms with van der Waals surface area (Å²) in [6.07, 6.45) is 7.40. The van der Waals surface area contributed by atoms with Crippen LogP contribution in [-0.2, 0) is 12.8 Å². The second-order valence-electron chi connectivity index (χ2n) is 8.92. The molecule has 6 rings (SSSR count). The highest BCUT2D eigenvalue weighted by molar-refractivity contribution is 5.86. The number of anilines is 1. The molecule has 0 radical (unpaired) electrons. The van der Waals surface area contributed by atoms with Gasteiger partial charge in [-0.05, 0) is 50.8 Å². The number of aryl methyl sites for hydroxylation is 1. The maximum atomic E-state index is 13.9. The van der Waals surface area contributed by atoms with E-state index >= 15 is 0 Å². The predicted octanol–water partition coefficient (Wildman–Crippen LogP) is 5.06. The van der Waals surface area contributed by atoms with Crippen LogP contribution < -0.4 is 5.32 Å². The monoisotopic (exact) mass is 441 g/mol. The molecule has 1 aliphatic rings. The number of hydrogen-bond acceptors (Lipinski definition) is 5. The van der Waals surface area contributed by atoms with Gasteiger partial charge >= 0.3 is 0 Å². The summed E-state index contributed by atoms with van der Waals surface area (Å²) >= 11 is 0. The van der Waals surface area contributed by atoms with Crippen molar-refractivity contribution in [2.45, 2.75) is 45.2 Å². The van der Waals surface area contributed by atoms with E-state index in [9.17, 15) is 4.39 Å². The van der Waals surface area contributed by atoms with Crippen LogP contribution in [0.5, 0.6) is 0 Å². The van der Waals surface area contributed by atoms with E-state index in [-0.39, 0.29) is 12.1 Å². The van der Waals surface area contributed by atoms with E-state index in [2.05, 4.69) is 58.4 Å². The number of imidazole rings is 1. The van der Waals surface area contributed by atoms with Crippen molar-refractivity contribution in [3.05, 3.63) is 66.1 Å². The van der Waals surface area contributed by atoms with E-state index in [1.54, 1.807) is 12.5 Å². The molecule has 8 heteroatoms. The lowest BCUT2D eigenvalue weighted by Crippen LogP contribution is -2.27. The van der Waals surface area contributed by atoms with Crippen molar-refractivity contribution in [3.8, 4) is 11.4 Å². The minimum absolute atomic E-state index is 0.180. The number of pyridine rings is 1. The lowest BCUT2D eigenvalue weighted by atomic mass is 9.91. The van der Waals surface area contributed by atoms with E-state index in [1.807, 2.05) is 4.57 Å². The third-order valence-electron chi connectivity index (χ3n) is 6.38. The van der Waals surface area contributed by atoms with Gasteiger partial charge in [0.15, 0.2) is 17.3 Å². The summed E-state index contributed by atoms with van der Waals surface area (Å²) in [6, 6.07) is 10.2. The molecule has 0 spiro atoms. The van der Waals surface area contributed by atoms with Crippen molar-refractivity contribution < 1.29 is 4.39 Å². The molecular weight excluding hydrogens is 417 g/mol. The summed E-state index contributed by atoms with van der Waals surface area (Å²) in [5.74, 6) is 0.692. The van der Waals surface area contributed by atoms with Crippen LogP contribution in [0.4, 0.5) is 10.2 Å². The molecule has 0 amide bonds. The van der Waals surface area contributed by atoms with E-state index in [0.717, 1.165) is 30.4 Å². The Morgan fingerprint density at radius 3 is 2.91 bits per heavy atom. The lowest BCUT2D eigenvalue weighted by Gasteiger charge is -2.24. The second kappa shape index (κ2) is 7.65. The number of halogens is 1. The van der Waals surface area contributed by atoms with Crippen LogP contribution >= 0.6 is 0 Å². The van der Waals surface area contributed by atoms with E-state index in [4.69, 9.17) is 9.97 Å². The Morgan fingerprint density at radius 1 is 1.18 bits per heavy atom. The van der Waals surface area contributed by atoms with E-state index in [0.29, 0.717) is 17.2 Å². The molecule has 166 valence electrons. The van der Waals surface area contributed by atoms with Gasteiger partial charge in [-0.15, -0.1) is 0 Å². The molecule has 0 bridgehead atoms. The number of para-hydroxylation sites is 1. The molecule has 0 fully saturated rings. The van der Waals surface area contributed by atoms with Crippen molar-refractivity contribution in [2.24, 2.45) is 0 Å². The Kier molecular flexibility index (Phi) is 4.60. The number of rotatable bonds is 4. The zero-order chi connectivity index (χ0) is 22.5. The smallest absolute Gasteiger partial charge is 0.166 e. The van der Waals surface area contributed by atoms with E-state index in [1.165, 1.54) is 34.4 Å².